The molecule has 0 aromatic heterocycles. The maximum absolute atomic E-state index is 10.1. The van der Waals surface area contributed by atoms with E-state index in [2.05, 4.69) is 24.2 Å². The quantitative estimate of drug-likeness (QED) is 0.0300. The number of hydrogen-bond donors (Lipinski definition) is 4. The number of nitrogens with two attached hydrogens (primary N) is 1. The Morgan fingerprint density at radius 2 is 0.804 bits per heavy atom. The Morgan fingerprint density at radius 3 is 1.15 bits per heavy atom. The molecule has 0 saturated heterocycles. The fraction of sp³-hybridized carbons (Fsp3) is 0.974. The zero-order valence-corrected chi connectivity index (χ0v) is 30.9. The van der Waals surface area contributed by atoms with Crippen molar-refractivity contribution in [2.45, 2.75) is 206 Å². The summed E-state index contributed by atoms with van der Waals surface area (Å²) in [6.07, 6.45) is 36.2. The number of aliphatic hydroxyl groups is 2. The Bertz CT molecular complexity index is 608. The maximum atomic E-state index is 10.1. The third kappa shape index (κ3) is 37.6. The van der Waals surface area contributed by atoms with Gasteiger partial charge in [-0.1, -0.05) is 181 Å². The van der Waals surface area contributed by atoms with E-state index in [-0.39, 0.29) is 32.3 Å². The number of guanidine groups is 1. The van der Waals surface area contributed by atoms with Gasteiger partial charge in [0.05, 0.1) is 32.0 Å². The van der Waals surface area contributed by atoms with Gasteiger partial charge in [-0.3, -0.25) is 4.99 Å². The van der Waals surface area contributed by atoms with E-state index >= 15 is 0 Å². The summed E-state index contributed by atoms with van der Waals surface area (Å²) < 4.78 is 11.2. The Labute approximate surface area is 286 Å². The number of nitrogens with zero attached hydrogens (tertiary/aromatic N) is 1. The van der Waals surface area contributed by atoms with Gasteiger partial charge in [0.25, 0.3) is 0 Å². The van der Waals surface area contributed by atoms with Gasteiger partial charge in [-0.2, -0.15) is 0 Å². The average Bonchev–Trinajstić information content (AvgIpc) is 3.06. The third-order valence-corrected chi connectivity index (χ3v) is 8.90. The maximum Gasteiger partial charge on any atom is 0.188 e. The monoisotopic (exact) mass is 656 g/mol. The summed E-state index contributed by atoms with van der Waals surface area (Å²) in [5, 5.41) is 23.2. The minimum Gasteiger partial charge on any atom is -0.389 e. The molecule has 0 spiro atoms. The molecule has 0 radical (unpaired) electrons. The summed E-state index contributed by atoms with van der Waals surface area (Å²) in [6.45, 7) is 6.93. The summed E-state index contributed by atoms with van der Waals surface area (Å²) in [5.74, 6) is 0.219. The highest BCUT2D eigenvalue weighted by Gasteiger charge is 2.07. The molecule has 0 saturated carbocycles. The van der Waals surface area contributed by atoms with Crippen LogP contribution in [-0.4, -0.2) is 67.9 Å². The van der Waals surface area contributed by atoms with Crippen LogP contribution in [0.15, 0.2) is 4.99 Å². The van der Waals surface area contributed by atoms with Gasteiger partial charge in [0.1, 0.15) is 0 Å². The highest BCUT2D eigenvalue weighted by atomic mass is 16.5. The van der Waals surface area contributed by atoms with Crippen LogP contribution in [0.25, 0.3) is 0 Å². The fourth-order valence-electron chi connectivity index (χ4n) is 5.83. The minimum absolute atomic E-state index is 0.184. The van der Waals surface area contributed by atoms with Gasteiger partial charge in [0, 0.05) is 19.8 Å². The second-order valence-electron chi connectivity index (χ2n) is 13.8. The van der Waals surface area contributed by atoms with E-state index < -0.39 is 12.2 Å². The van der Waals surface area contributed by atoms with Crippen molar-refractivity contribution in [3.8, 4) is 0 Å². The number of aliphatic hydroxyl groups excluding tert-OH is 2. The van der Waals surface area contributed by atoms with E-state index in [0.29, 0.717) is 13.2 Å². The Balaban J connectivity index is 3.42. The van der Waals surface area contributed by atoms with E-state index in [0.717, 1.165) is 12.8 Å². The normalized spacial score (nSPS) is 13.3. The highest BCUT2D eigenvalue weighted by Crippen LogP contribution is 2.14. The number of nitrogens with one attached hydrogen (secondary N) is 1. The predicted octanol–water partition coefficient (Wildman–Crippen LogP) is 9.61. The summed E-state index contributed by atoms with van der Waals surface area (Å²) in [7, 11) is 0. The lowest BCUT2D eigenvalue weighted by Gasteiger charge is -2.13. The summed E-state index contributed by atoms with van der Waals surface area (Å²) in [5.41, 5.74) is 5.89. The molecule has 5 N–H and O–H groups in total. The molecule has 7 nitrogen and oxygen atoms in total. The SMILES string of the molecule is CCCCCCCCCCCCCCCCOCC(O)CN=C(N)NCC(O)COCCCCCCCCCCCCCCCC. The van der Waals surface area contributed by atoms with Crippen LogP contribution in [-0.2, 0) is 9.47 Å². The summed E-state index contributed by atoms with van der Waals surface area (Å²) in [6, 6.07) is 0. The minimum atomic E-state index is -0.676. The molecule has 7 heteroatoms. The molecule has 0 aliphatic heterocycles. The first-order chi connectivity index (χ1) is 22.6. The van der Waals surface area contributed by atoms with Crippen LogP contribution in [0.2, 0.25) is 0 Å². The molecule has 2 atom stereocenters. The van der Waals surface area contributed by atoms with Crippen molar-refractivity contribution >= 4 is 5.96 Å². The summed E-state index contributed by atoms with van der Waals surface area (Å²) >= 11 is 0. The first-order valence-electron chi connectivity index (χ1n) is 20.2. The van der Waals surface area contributed by atoms with Crippen molar-refractivity contribution in [1.82, 2.24) is 5.32 Å². The molecule has 0 aliphatic carbocycles. The second-order valence-corrected chi connectivity index (χ2v) is 13.8. The summed E-state index contributed by atoms with van der Waals surface area (Å²) in [4.78, 5) is 4.17. The Morgan fingerprint density at radius 1 is 0.500 bits per heavy atom. The molecular weight excluding hydrogens is 574 g/mol. The van der Waals surface area contributed by atoms with Crippen LogP contribution < -0.4 is 11.1 Å². The molecule has 46 heavy (non-hydrogen) atoms. The smallest absolute Gasteiger partial charge is 0.188 e. The first kappa shape index (κ1) is 45.1. The molecular formula is C39H81N3O4. The molecule has 0 aromatic carbocycles. The van der Waals surface area contributed by atoms with Gasteiger partial charge in [-0.25, -0.2) is 0 Å². The lowest BCUT2D eigenvalue weighted by atomic mass is 10.0. The van der Waals surface area contributed by atoms with Crippen molar-refractivity contribution in [3.63, 3.8) is 0 Å². The van der Waals surface area contributed by atoms with E-state index in [1.807, 2.05) is 0 Å². The predicted molar refractivity (Wildman–Crippen MR) is 199 cm³/mol. The lowest BCUT2D eigenvalue weighted by molar-refractivity contribution is 0.0372. The van der Waals surface area contributed by atoms with Crippen molar-refractivity contribution in [2.75, 3.05) is 39.5 Å². The lowest BCUT2D eigenvalue weighted by Crippen LogP contribution is -2.39. The van der Waals surface area contributed by atoms with Gasteiger partial charge in [-0.15, -0.1) is 0 Å². The van der Waals surface area contributed by atoms with Crippen molar-refractivity contribution in [2.24, 2.45) is 10.7 Å². The number of ether oxygens (including phenoxy) is 2. The second kappa shape index (κ2) is 38.6. The number of rotatable bonds is 38. The molecule has 2 unspecified atom stereocenters. The van der Waals surface area contributed by atoms with Gasteiger partial charge in [-0.05, 0) is 12.8 Å². The van der Waals surface area contributed by atoms with E-state index in [9.17, 15) is 10.2 Å². The van der Waals surface area contributed by atoms with Crippen molar-refractivity contribution < 1.29 is 19.7 Å². The zero-order valence-electron chi connectivity index (χ0n) is 30.9. The van der Waals surface area contributed by atoms with Crippen LogP contribution >= 0.6 is 0 Å². The van der Waals surface area contributed by atoms with Crippen molar-refractivity contribution in [3.05, 3.63) is 0 Å². The van der Waals surface area contributed by atoms with Gasteiger partial charge in [0.15, 0.2) is 5.96 Å². The van der Waals surface area contributed by atoms with Crippen LogP contribution in [0.5, 0.6) is 0 Å². The topological polar surface area (TPSA) is 109 Å². The molecule has 0 amide bonds. The van der Waals surface area contributed by atoms with Crippen molar-refractivity contribution in [1.29, 1.82) is 0 Å². The van der Waals surface area contributed by atoms with Crippen LogP contribution in [0.1, 0.15) is 194 Å². The number of aliphatic imine (C=N–C) groups is 1. The zero-order chi connectivity index (χ0) is 33.6. The van der Waals surface area contributed by atoms with Crippen LogP contribution in [0.3, 0.4) is 0 Å². The molecule has 0 heterocycles. The molecule has 0 aromatic rings. The van der Waals surface area contributed by atoms with Gasteiger partial charge < -0.3 is 30.7 Å². The third-order valence-electron chi connectivity index (χ3n) is 8.90. The van der Waals surface area contributed by atoms with E-state index in [1.54, 1.807) is 0 Å². The Kier molecular flexibility index (Phi) is 37.8. The van der Waals surface area contributed by atoms with Gasteiger partial charge >= 0.3 is 0 Å². The van der Waals surface area contributed by atoms with E-state index in [1.165, 1.54) is 167 Å². The van der Waals surface area contributed by atoms with Gasteiger partial charge in [0.2, 0.25) is 0 Å². The van der Waals surface area contributed by atoms with Crippen LogP contribution in [0.4, 0.5) is 0 Å². The molecule has 0 rings (SSSR count). The largest absolute Gasteiger partial charge is 0.389 e. The highest BCUT2D eigenvalue weighted by molar-refractivity contribution is 5.77. The van der Waals surface area contributed by atoms with Crippen LogP contribution in [0, 0.1) is 0 Å². The first-order valence-corrected chi connectivity index (χ1v) is 20.2. The Hall–Kier alpha value is -0.890. The molecule has 0 fully saturated rings. The van der Waals surface area contributed by atoms with E-state index in [4.69, 9.17) is 15.2 Å². The fourth-order valence-corrected chi connectivity index (χ4v) is 5.83. The average molecular weight is 656 g/mol. The number of hydrogen-bond acceptors (Lipinski definition) is 5. The number of unbranched alkanes of at least 4 members (excludes halogenated alkanes) is 26. The molecule has 276 valence electrons. The standard InChI is InChI=1S/C39H81N3O4/c1-3-5-7-9-11-13-15-17-19-21-23-25-27-29-31-45-35-37(43)33-41-39(40)42-34-38(44)36-46-32-30-28-26-24-22-20-18-16-14-12-10-8-6-4-2/h37-38,43-44H,3-36H2,1-2H3,(H3,40,41,42). The molecule has 0 aliphatic rings. The molecule has 0 bridgehead atoms.